The van der Waals surface area contributed by atoms with E-state index in [9.17, 15) is 0 Å². The lowest BCUT2D eigenvalue weighted by molar-refractivity contribution is 0.184. The summed E-state index contributed by atoms with van der Waals surface area (Å²) in [6.07, 6.45) is 1.21. The van der Waals surface area contributed by atoms with Gasteiger partial charge in [-0.25, -0.2) is 0 Å². The van der Waals surface area contributed by atoms with Crippen molar-refractivity contribution in [2.75, 3.05) is 38.2 Å². The minimum atomic E-state index is 0.199. The maximum absolute atomic E-state index is 6.07. The van der Waals surface area contributed by atoms with E-state index >= 15 is 0 Å². The van der Waals surface area contributed by atoms with Crippen LogP contribution in [0.5, 0.6) is 5.75 Å². The molecule has 0 bridgehead atoms. The Balaban J connectivity index is 2.01. The van der Waals surface area contributed by atoms with Crippen molar-refractivity contribution in [2.24, 2.45) is 5.73 Å². The van der Waals surface area contributed by atoms with Gasteiger partial charge < -0.3 is 15.4 Å². The first-order valence-corrected chi connectivity index (χ1v) is 6.64. The molecule has 0 aliphatic carbocycles. The van der Waals surface area contributed by atoms with Crippen molar-refractivity contribution >= 4 is 5.69 Å². The number of ether oxygens (including phenoxy) is 1. The van der Waals surface area contributed by atoms with Gasteiger partial charge in [-0.3, -0.25) is 4.90 Å². The van der Waals surface area contributed by atoms with Crippen LogP contribution in [0.3, 0.4) is 0 Å². The predicted octanol–water partition coefficient (Wildman–Crippen LogP) is 1.51. The molecule has 1 unspecified atom stereocenters. The number of benzene rings is 1. The quantitative estimate of drug-likeness (QED) is 0.878. The van der Waals surface area contributed by atoms with Gasteiger partial charge in [0.15, 0.2) is 0 Å². The van der Waals surface area contributed by atoms with Gasteiger partial charge in [-0.2, -0.15) is 0 Å². The molecule has 0 amide bonds. The van der Waals surface area contributed by atoms with E-state index in [2.05, 4.69) is 28.9 Å². The largest absolute Gasteiger partial charge is 0.495 e. The van der Waals surface area contributed by atoms with Crippen molar-refractivity contribution in [2.45, 2.75) is 19.5 Å². The van der Waals surface area contributed by atoms with E-state index in [1.807, 2.05) is 12.1 Å². The maximum atomic E-state index is 6.07. The number of methoxy groups -OCH3 is 1. The second-order valence-corrected chi connectivity index (χ2v) is 4.67. The Morgan fingerprint density at radius 3 is 2.50 bits per heavy atom. The molecule has 0 radical (unpaired) electrons. The van der Waals surface area contributed by atoms with E-state index in [1.54, 1.807) is 7.11 Å². The molecule has 1 saturated heterocycles. The molecular formula is C14H23N3O. The van der Waals surface area contributed by atoms with Gasteiger partial charge in [-0.1, -0.05) is 19.1 Å². The summed E-state index contributed by atoms with van der Waals surface area (Å²) in [4.78, 5) is 4.73. The van der Waals surface area contributed by atoms with Crippen LogP contribution in [0.2, 0.25) is 0 Å². The monoisotopic (exact) mass is 249 g/mol. The Morgan fingerprint density at radius 2 is 1.89 bits per heavy atom. The van der Waals surface area contributed by atoms with Crippen LogP contribution < -0.4 is 15.4 Å². The van der Waals surface area contributed by atoms with E-state index in [4.69, 9.17) is 10.5 Å². The molecule has 18 heavy (non-hydrogen) atoms. The van der Waals surface area contributed by atoms with E-state index in [0.717, 1.165) is 38.3 Å². The first kappa shape index (κ1) is 13.2. The van der Waals surface area contributed by atoms with Crippen LogP contribution >= 0.6 is 0 Å². The highest BCUT2D eigenvalue weighted by molar-refractivity contribution is 5.58. The summed E-state index contributed by atoms with van der Waals surface area (Å²) in [5.74, 6) is 0.950. The van der Waals surface area contributed by atoms with E-state index in [0.29, 0.717) is 0 Å². The number of nitrogens with two attached hydrogens (primary N) is 1. The molecule has 2 rings (SSSR count). The Bertz CT molecular complexity index is 375. The normalized spacial score (nSPS) is 18.7. The second kappa shape index (κ2) is 6.07. The number of hydrogen-bond donors (Lipinski definition) is 1. The number of para-hydroxylation sites is 2. The van der Waals surface area contributed by atoms with E-state index in [-0.39, 0.29) is 6.17 Å². The fourth-order valence-electron chi connectivity index (χ4n) is 2.44. The minimum absolute atomic E-state index is 0.199. The fraction of sp³-hybridized carbons (Fsp3) is 0.571. The highest BCUT2D eigenvalue weighted by atomic mass is 16.5. The summed E-state index contributed by atoms with van der Waals surface area (Å²) >= 11 is 0. The van der Waals surface area contributed by atoms with Crippen molar-refractivity contribution < 1.29 is 4.74 Å². The number of nitrogens with zero attached hydrogens (tertiary/aromatic N) is 2. The Labute approximate surface area is 109 Å². The molecule has 1 aliphatic rings. The van der Waals surface area contributed by atoms with Gasteiger partial charge in [0.25, 0.3) is 0 Å². The van der Waals surface area contributed by atoms with Crippen molar-refractivity contribution in [3.05, 3.63) is 24.3 Å². The Kier molecular flexibility index (Phi) is 4.44. The first-order valence-electron chi connectivity index (χ1n) is 6.64. The average Bonchev–Trinajstić information content (AvgIpc) is 2.46. The zero-order valence-electron chi connectivity index (χ0n) is 11.3. The highest BCUT2D eigenvalue weighted by Crippen LogP contribution is 2.28. The fourth-order valence-corrected chi connectivity index (χ4v) is 2.44. The molecule has 1 fully saturated rings. The van der Waals surface area contributed by atoms with Crippen LogP contribution in [0.25, 0.3) is 0 Å². The third kappa shape index (κ3) is 2.76. The molecule has 1 heterocycles. The SMILES string of the molecule is CCC(N)N1CCN(c2ccccc2OC)CC1. The zero-order valence-corrected chi connectivity index (χ0v) is 11.3. The molecule has 1 aromatic rings. The van der Waals surface area contributed by atoms with Crippen LogP contribution in [-0.2, 0) is 0 Å². The van der Waals surface area contributed by atoms with Crippen LogP contribution in [0.15, 0.2) is 24.3 Å². The van der Waals surface area contributed by atoms with E-state index < -0.39 is 0 Å². The first-order chi connectivity index (χ1) is 8.76. The lowest BCUT2D eigenvalue weighted by Crippen LogP contribution is -2.53. The van der Waals surface area contributed by atoms with Crippen LogP contribution in [0.1, 0.15) is 13.3 Å². The third-order valence-corrected chi connectivity index (χ3v) is 3.63. The van der Waals surface area contributed by atoms with Gasteiger partial charge in [-0.05, 0) is 18.6 Å². The molecule has 0 spiro atoms. The van der Waals surface area contributed by atoms with Gasteiger partial charge >= 0.3 is 0 Å². The topological polar surface area (TPSA) is 41.7 Å². The molecule has 100 valence electrons. The number of rotatable bonds is 4. The molecule has 4 heteroatoms. The summed E-state index contributed by atoms with van der Waals surface area (Å²) in [5, 5.41) is 0. The second-order valence-electron chi connectivity index (χ2n) is 4.67. The van der Waals surface area contributed by atoms with Crippen LogP contribution in [0.4, 0.5) is 5.69 Å². The molecule has 2 N–H and O–H groups in total. The summed E-state index contributed by atoms with van der Waals surface area (Å²) in [6.45, 7) is 6.19. The van der Waals surface area contributed by atoms with Crippen LogP contribution in [-0.4, -0.2) is 44.4 Å². The summed E-state index contributed by atoms with van der Waals surface area (Å²) in [6, 6.07) is 8.20. The summed E-state index contributed by atoms with van der Waals surface area (Å²) < 4.78 is 5.41. The molecule has 1 aliphatic heterocycles. The van der Waals surface area contributed by atoms with Gasteiger partial charge in [0.1, 0.15) is 5.75 Å². The summed E-state index contributed by atoms with van der Waals surface area (Å²) in [5.41, 5.74) is 7.26. The van der Waals surface area contributed by atoms with E-state index in [1.165, 1.54) is 5.69 Å². The molecule has 0 saturated carbocycles. The van der Waals surface area contributed by atoms with Gasteiger partial charge in [-0.15, -0.1) is 0 Å². The Morgan fingerprint density at radius 1 is 1.22 bits per heavy atom. The van der Waals surface area contributed by atoms with Crippen molar-refractivity contribution in [1.29, 1.82) is 0 Å². The number of anilines is 1. The van der Waals surface area contributed by atoms with Crippen molar-refractivity contribution in [1.82, 2.24) is 4.90 Å². The zero-order chi connectivity index (χ0) is 13.0. The van der Waals surface area contributed by atoms with Gasteiger partial charge in [0.05, 0.1) is 19.0 Å². The third-order valence-electron chi connectivity index (χ3n) is 3.63. The molecule has 1 atom stereocenters. The van der Waals surface area contributed by atoms with Crippen LogP contribution in [0, 0.1) is 0 Å². The predicted molar refractivity (Wildman–Crippen MR) is 75.0 cm³/mol. The molecule has 0 aromatic heterocycles. The van der Waals surface area contributed by atoms with Gasteiger partial charge in [0, 0.05) is 26.2 Å². The molecular weight excluding hydrogens is 226 g/mol. The minimum Gasteiger partial charge on any atom is -0.495 e. The average molecular weight is 249 g/mol. The number of hydrogen-bond acceptors (Lipinski definition) is 4. The van der Waals surface area contributed by atoms with Gasteiger partial charge in [0.2, 0.25) is 0 Å². The highest BCUT2D eigenvalue weighted by Gasteiger charge is 2.21. The Hall–Kier alpha value is -1.26. The standard InChI is InChI=1S/C14H23N3O/c1-3-14(15)17-10-8-16(9-11-17)12-6-4-5-7-13(12)18-2/h4-7,14H,3,8-11,15H2,1-2H3. The maximum Gasteiger partial charge on any atom is 0.142 e. The lowest BCUT2D eigenvalue weighted by Gasteiger charge is -2.39. The van der Waals surface area contributed by atoms with Crippen molar-refractivity contribution in [3.63, 3.8) is 0 Å². The number of piperazine rings is 1. The smallest absolute Gasteiger partial charge is 0.142 e. The van der Waals surface area contributed by atoms with Crippen molar-refractivity contribution in [3.8, 4) is 5.75 Å². The molecule has 1 aromatic carbocycles. The summed E-state index contributed by atoms with van der Waals surface area (Å²) in [7, 11) is 1.72. The molecule has 4 nitrogen and oxygen atoms in total. The lowest BCUT2D eigenvalue weighted by atomic mass is 10.2.